The van der Waals surface area contributed by atoms with Gasteiger partial charge in [0.25, 0.3) is 5.91 Å². The molecule has 1 saturated heterocycles. The number of nitrogens with one attached hydrogen (secondary N) is 1. The first-order chi connectivity index (χ1) is 10.8. The standard InChI is InChI=1S/C17H24N2O4/c1-13(12-19-8-10-22-11-9-19)18-16(20)15-5-4-14(23-15)6-7-17(2,3)21/h4-5,13,21H,8-12H2,1-3H3,(H,18,20). The second kappa shape index (κ2) is 7.64. The second-order valence-electron chi connectivity index (χ2n) is 6.26. The number of carbonyl (C=O) groups excluding carboxylic acids is 1. The van der Waals surface area contributed by atoms with Crippen molar-refractivity contribution in [3.8, 4) is 11.8 Å². The van der Waals surface area contributed by atoms with E-state index in [9.17, 15) is 9.90 Å². The fourth-order valence-corrected chi connectivity index (χ4v) is 2.25. The summed E-state index contributed by atoms with van der Waals surface area (Å²) in [6.45, 7) is 9.17. The van der Waals surface area contributed by atoms with Crippen molar-refractivity contribution in [1.29, 1.82) is 0 Å². The molecule has 1 atom stereocenters. The van der Waals surface area contributed by atoms with Crippen molar-refractivity contribution in [3.05, 3.63) is 23.7 Å². The van der Waals surface area contributed by atoms with Crippen LogP contribution in [0.15, 0.2) is 16.5 Å². The lowest BCUT2D eigenvalue weighted by atomic mass is 10.1. The van der Waals surface area contributed by atoms with E-state index in [2.05, 4.69) is 22.1 Å². The van der Waals surface area contributed by atoms with Gasteiger partial charge >= 0.3 is 0 Å². The fraction of sp³-hybridized carbons (Fsp3) is 0.588. The summed E-state index contributed by atoms with van der Waals surface area (Å²) >= 11 is 0. The molecule has 1 aromatic heterocycles. The van der Waals surface area contributed by atoms with Crippen LogP contribution >= 0.6 is 0 Å². The number of amides is 1. The largest absolute Gasteiger partial charge is 0.443 e. The van der Waals surface area contributed by atoms with Crippen LogP contribution in [0.3, 0.4) is 0 Å². The maximum absolute atomic E-state index is 12.2. The Morgan fingerprint density at radius 3 is 2.78 bits per heavy atom. The summed E-state index contributed by atoms with van der Waals surface area (Å²) in [4.78, 5) is 14.4. The summed E-state index contributed by atoms with van der Waals surface area (Å²) in [5.41, 5.74) is -1.10. The van der Waals surface area contributed by atoms with Crippen LogP contribution in [-0.4, -0.2) is 60.4 Å². The van der Waals surface area contributed by atoms with Gasteiger partial charge in [0.05, 0.1) is 13.2 Å². The average molecular weight is 320 g/mol. The van der Waals surface area contributed by atoms with E-state index >= 15 is 0 Å². The Balaban J connectivity index is 1.87. The van der Waals surface area contributed by atoms with Crippen molar-refractivity contribution in [2.45, 2.75) is 32.4 Å². The van der Waals surface area contributed by atoms with Crippen LogP contribution in [-0.2, 0) is 4.74 Å². The fourth-order valence-electron chi connectivity index (χ4n) is 2.25. The van der Waals surface area contributed by atoms with Crippen LogP contribution in [0.5, 0.6) is 0 Å². The summed E-state index contributed by atoms with van der Waals surface area (Å²) in [5, 5.41) is 12.5. The summed E-state index contributed by atoms with van der Waals surface area (Å²) in [6, 6.07) is 3.22. The number of morpholine rings is 1. The molecular weight excluding hydrogens is 296 g/mol. The Labute approximate surface area is 136 Å². The highest BCUT2D eigenvalue weighted by atomic mass is 16.5. The first-order valence-corrected chi connectivity index (χ1v) is 7.80. The van der Waals surface area contributed by atoms with Crippen molar-refractivity contribution in [3.63, 3.8) is 0 Å². The van der Waals surface area contributed by atoms with Crippen LogP contribution < -0.4 is 5.32 Å². The highest BCUT2D eigenvalue weighted by Gasteiger charge is 2.17. The topological polar surface area (TPSA) is 74.9 Å². The molecule has 0 aliphatic carbocycles. The molecule has 1 aromatic rings. The van der Waals surface area contributed by atoms with E-state index in [1.54, 1.807) is 26.0 Å². The number of hydrogen-bond donors (Lipinski definition) is 2. The van der Waals surface area contributed by atoms with Crippen LogP contribution in [0.25, 0.3) is 0 Å². The smallest absolute Gasteiger partial charge is 0.287 e. The maximum atomic E-state index is 12.2. The van der Waals surface area contributed by atoms with Gasteiger partial charge in [0.2, 0.25) is 0 Å². The lowest BCUT2D eigenvalue weighted by Gasteiger charge is -2.29. The lowest BCUT2D eigenvalue weighted by Crippen LogP contribution is -2.45. The summed E-state index contributed by atoms with van der Waals surface area (Å²) in [5.74, 6) is 5.68. The van der Waals surface area contributed by atoms with Gasteiger partial charge in [0.15, 0.2) is 11.5 Å². The zero-order valence-electron chi connectivity index (χ0n) is 13.9. The molecule has 0 spiro atoms. The Morgan fingerprint density at radius 1 is 1.43 bits per heavy atom. The Kier molecular flexibility index (Phi) is 5.83. The number of furan rings is 1. The first-order valence-electron chi connectivity index (χ1n) is 7.80. The molecule has 1 aliphatic rings. The minimum atomic E-state index is -1.10. The Hall–Kier alpha value is -1.81. The van der Waals surface area contributed by atoms with Gasteiger partial charge < -0.3 is 19.6 Å². The molecular formula is C17H24N2O4. The van der Waals surface area contributed by atoms with Gasteiger partial charge in [-0.25, -0.2) is 0 Å². The predicted molar refractivity (Wildman–Crippen MR) is 86.1 cm³/mol. The van der Waals surface area contributed by atoms with E-state index in [0.29, 0.717) is 5.76 Å². The zero-order valence-corrected chi connectivity index (χ0v) is 13.9. The molecule has 126 valence electrons. The SMILES string of the molecule is CC(CN1CCOCC1)NC(=O)c1ccc(C#CC(C)(C)O)o1. The van der Waals surface area contributed by atoms with Gasteiger partial charge in [0.1, 0.15) is 5.60 Å². The molecule has 0 bridgehead atoms. The van der Waals surface area contributed by atoms with Gasteiger partial charge in [-0.2, -0.15) is 0 Å². The van der Waals surface area contributed by atoms with E-state index in [4.69, 9.17) is 9.15 Å². The minimum Gasteiger partial charge on any atom is -0.443 e. The second-order valence-corrected chi connectivity index (χ2v) is 6.26. The Morgan fingerprint density at radius 2 is 2.13 bits per heavy atom. The molecule has 0 saturated carbocycles. The van der Waals surface area contributed by atoms with E-state index in [1.165, 1.54) is 0 Å². The van der Waals surface area contributed by atoms with Crippen LogP contribution in [0.1, 0.15) is 37.1 Å². The third-order valence-electron chi connectivity index (χ3n) is 3.33. The monoisotopic (exact) mass is 320 g/mol. The van der Waals surface area contributed by atoms with E-state index in [-0.39, 0.29) is 17.7 Å². The number of carbonyl (C=O) groups is 1. The molecule has 1 fully saturated rings. The number of rotatable bonds is 4. The van der Waals surface area contributed by atoms with Crippen LogP contribution in [0, 0.1) is 11.8 Å². The number of aliphatic hydroxyl groups is 1. The molecule has 2 heterocycles. The molecule has 0 radical (unpaired) electrons. The number of nitrogens with zero attached hydrogens (tertiary/aromatic N) is 1. The van der Waals surface area contributed by atoms with Crippen LogP contribution in [0.4, 0.5) is 0 Å². The molecule has 6 heteroatoms. The van der Waals surface area contributed by atoms with Gasteiger partial charge in [-0.3, -0.25) is 9.69 Å². The third kappa shape index (κ3) is 6.06. The molecule has 1 aliphatic heterocycles. The molecule has 0 aromatic carbocycles. The molecule has 23 heavy (non-hydrogen) atoms. The van der Waals surface area contributed by atoms with Crippen LogP contribution in [0.2, 0.25) is 0 Å². The minimum absolute atomic E-state index is 0.0107. The molecule has 6 nitrogen and oxygen atoms in total. The summed E-state index contributed by atoms with van der Waals surface area (Å²) in [6.07, 6.45) is 0. The summed E-state index contributed by atoms with van der Waals surface area (Å²) < 4.78 is 10.7. The van der Waals surface area contributed by atoms with Gasteiger partial charge in [-0.15, -0.1) is 0 Å². The van der Waals surface area contributed by atoms with E-state index in [0.717, 1.165) is 32.8 Å². The van der Waals surface area contributed by atoms with Crippen molar-refractivity contribution in [2.75, 3.05) is 32.8 Å². The first kappa shape index (κ1) is 17.5. The number of hydrogen-bond acceptors (Lipinski definition) is 5. The Bertz CT molecular complexity index is 586. The van der Waals surface area contributed by atoms with E-state index < -0.39 is 5.60 Å². The third-order valence-corrected chi connectivity index (χ3v) is 3.33. The normalized spacial score (nSPS) is 17.2. The number of ether oxygens (including phenoxy) is 1. The average Bonchev–Trinajstić information content (AvgIpc) is 2.94. The predicted octanol–water partition coefficient (Wildman–Crippen LogP) is 0.852. The van der Waals surface area contributed by atoms with Crippen molar-refractivity contribution >= 4 is 5.91 Å². The zero-order chi connectivity index (χ0) is 16.9. The van der Waals surface area contributed by atoms with E-state index in [1.807, 2.05) is 6.92 Å². The molecule has 1 amide bonds. The summed E-state index contributed by atoms with van der Waals surface area (Å²) in [7, 11) is 0. The molecule has 2 N–H and O–H groups in total. The molecule has 2 rings (SSSR count). The highest BCUT2D eigenvalue weighted by Crippen LogP contribution is 2.08. The maximum Gasteiger partial charge on any atom is 0.287 e. The van der Waals surface area contributed by atoms with Gasteiger partial charge in [-0.05, 0) is 38.8 Å². The quantitative estimate of drug-likeness (QED) is 0.805. The van der Waals surface area contributed by atoms with Crippen molar-refractivity contribution < 1.29 is 19.1 Å². The van der Waals surface area contributed by atoms with Crippen molar-refractivity contribution in [2.24, 2.45) is 0 Å². The van der Waals surface area contributed by atoms with Gasteiger partial charge in [-0.1, -0.05) is 5.92 Å². The lowest BCUT2D eigenvalue weighted by molar-refractivity contribution is 0.0341. The highest BCUT2D eigenvalue weighted by molar-refractivity contribution is 5.91. The van der Waals surface area contributed by atoms with Crippen molar-refractivity contribution in [1.82, 2.24) is 10.2 Å². The van der Waals surface area contributed by atoms with Gasteiger partial charge in [0, 0.05) is 25.7 Å². The molecule has 1 unspecified atom stereocenters.